The Labute approximate surface area is 129 Å². The first kappa shape index (κ1) is 14.3. The van der Waals surface area contributed by atoms with E-state index in [0.717, 1.165) is 35.8 Å². The fourth-order valence-corrected chi connectivity index (χ4v) is 3.70. The first-order valence-corrected chi connectivity index (χ1v) is 8.40. The van der Waals surface area contributed by atoms with Crippen molar-refractivity contribution in [2.45, 2.75) is 45.1 Å². The van der Waals surface area contributed by atoms with Gasteiger partial charge in [0.25, 0.3) is 0 Å². The van der Waals surface area contributed by atoms with Crippen LogP contribution in [0.3, 0.4) is 0 Å². The molecule has 1 N–H and O–H groups in total. The third-order valence-corrected chi connectivity index (χ3v) is 5.14. The summed E-state index contributed by atoms with van der Waals surface area (Å²) in [6.07, 6.45) is 4.45. The molecule has 1 saturated heterocycles. The first-order chi connectivity index (χ1) is 10.1. The van der Waals surface area contributed by atoms with Crippen molar-refractivity contribution >= 4 is 17.2 Å². The van der Waals surface area contributed by atoms with Crippen LogP contribution in [-0.4, -0.2) is 27.3 Å². The fraction of sp³-hybridized carbons (Fsp3) is 0.500. The highest BCUT2D eigenvalue weighted by Crippen LogP contribution is 2.31. The van der Waals surface area contributed by atoms with E-state index in [1.807, 2.05) is 22.5 Å². The maximum Gasteiger partial charge on any atom is 0.229 e. The smallest absolute Gasteiger partial charge is 0.229 e. The molecule has 0 bridgehead atoms. The average molecular weight is 303 g/mol. The Balaban J connectivity index is 1.69. The normalized spacial score (nSPS) is 18.6. The maximum absolute atomic E-state index is 12.6. The molecule has 112 valence electrons. The van der Waals surface area contributed by atoms with Crippen molar-refractivity contribution in [3.63, 3.8) is 0 Å². The summed E-state index contributed by atoms with van der Waals surface area (Å²) < 4.78 is 0. The largest absolute Gasteiger partial charge is 0.363 e. The predicted molar refractivity (Wildman–Crippen MR) is 84.4 cm³/mol. The minimum Gasteiger partial charge on any atom is -0.363 e. The quantitative estimate of drug-likeness (QED) is 0.939. The van der Waals surface area contributed by atoms with Crippen LogP contribution in [0.5, 0.6) is 0 Å². The van der Waals surface area contributed by atoms with Crippen molar-refractivity contribution < 1.29 is 4.79 Å². The summed E-state index contributed by atoms with van der Waals surface area (Å²) in [6.45, 7) is 5.11. The molecule has 2 aromatic heterocycles. The second-order valence-electron chi connectivity index (χ2n) is 5.88. The maximum atomic E-state index is 12.6. The monoisotopic (exact) mass is 303 g/mol. The Bertz CT molecular complexity index is 603. The Morgan fingerprint density at radius 1 is 1.57 bits per heavy atom. The number of nitrogens with zero attached hydrogens (tertiary/aromatic N) is 2. The molecule has 5 heteroatoms. The molecule has 1 fully saturated rings. The van der Waals surface area contributed by atoms with Crippen LogP contribution in [0.4, 0.5) is 0 Å². The minimum atomic E-state index is 0.188. The summed E-state index contributed by atoms with van der Waals surface area (Å²) in [5.74, 6) is 0.616. The molecule has 21 heavy (non-hydrogen) atoms. The van der Waals surface area contributed by atoms with E-state index >= 15 is 0 Å². The number of H-pyrrole nitrogens is 1. The van der Waals surface area contributed by atoms with E-state index in [4.69, 9.17) is 0 Å². The fourth-order valence-electron chi connectivity index (χ4n) is 2.87. The molecule has 1 aliphatic rings. The lowest BCUT2D eigenvalue weighted by Crippen LogP contribution is -2.32. The SMILES string of the molecule is CC(C)c1nc(CC(=O)N2CCCC2c2ccc[nH]2)cs1. The molecular formula is C16H21N3OS. The van der Waals surface area contributed by atoms with Crippen LogP contribution in [0.25, 0.3) is 0 Å². The molecule has 3 rings (SSSR count). The van der Waals surface area contributed by atoms with Crippen LogP contribution in [0, 0.1) is 0 Å². The molecule has 3 heterocycles. The van der Waals surface area contributed by atoms with Gasteiger partial charge in [-0.15, -0.1) is 11.3 Å². The van der Waals surface area contributed by atoms with Gasteiger partial charge in [-0.25, -0.2) is 4.98 Å². The second kappa shape index (κ2) is 6.02. The van der Waals surface area contributed by atoms with Gasteiger partial charge >= 0.3 is 0 Å². The number of carbonyl (C=O) groups is 1. The Morgan fingerprint density at radius 2 is 2.43 bits per heavy atom. The van der Waals surface area contributed by atoms with E-state index in [0.29, 0.717) is 12.3 Å². The van der Waals surface area contributed by atoms with Gasteiger partial charge in [0, 0.05) is 29.7 Å². The molecule has 1 atom stereocenters. The Kier molecular flexibility index (Phi) is 4.10. The van der Waals surface area contributed by atoms with Gasteiger partial charge in [0.05, 0.1) is 23.2 Å². The molecule has 1 unspecified atom stereocenters. The van der Waals surface area contributed by atoms with E-state index < -0.39 is 0 Å². The van der Waals surface area contributed by atoms with E-state index in [-0.39, 0.29) is 11.9 Å². The molecule has 2 aromatic rings. The van der Waals surface area contributed by atoms with Gasteiger partial charge in [-0.1, -0.05) is 13.8 Å². The predicted octanol–water partition coefficient (Wildman–Crippen LogP) is 3.50. The Hall–Kier alpha value is -1.62. The highest BCUT2D eigenvalue weighted by atomic mass is 32.1. The lowest BCUT2D eigenvalue weighted by molar-refractivity contribution is -0.131. The average Bonchev–Trinajstić information content (AvgIpc) is 3.19. The van der Waals surface area contributed by atoms with Gasteiger partial charge in [-0.3, -0.25) is 4.79 Å². The molecule has 0 aromatic carbocycles. The lowest BCUT2D eigenvalue weighted by atomic mass is 10.1. The number of aromatic nitrogens is 2. The topological polar surface area (TPSA) is 49.0 Å². The third kappa shape index (κ3) is 3.02. The number of thiazole rings is 1. The first-order valence-electron chi connectivity index (χ1n) is 7.52. The van der Waals surface area contributed by atoms with Crippen LogP contribution in [-0.2, 0) is 11.2 Å². The van der Waals surface area contributed by atoms with E-state index in [1.165, 1.54) is 0 Å². The van der Waals surface area contributed by atoms with Crippen LogP contribution in [0.1, 0.15) is 55.0 Å². The van der Waals surface area contributed by atoms with Crippen molar-refractivity contribution in [3.05, 3.63) is 40.1 Å². The summed E-state index contributed by atoms with van der Waals surface area (Å²) in [6, 6.07) is 4.26. The van der Waals surface area contributed by atoms with Crippen molar-refractivity contribution in [1.29, 1.82) is 0 Å². The number of nitrogens with one attached hydrogen (secondary N) is 1. The zero-order valence-corrected chi connectivity index (χ0v) is 13.3. The molecule has 4 nitrogen and oxygen atoms in total. The van der Waals surface area contributed by atoms with Gasteiger partial charge < -0.3 is 9.88 Å². The standard InChI is InChI=1S/C16H21N3OS/c1-11(2)16-18-12(10-21-16)9-15(20)19-8-4-6-14(19)13-5-3-7-17-13/h3,5,7,10-11,14,17H,4,6,8-9H2,1-2H3. The molecule has 1 aliphatic heterocycles. The van der Waals surface area contributed by atoms with Crippen molar-refractivity contribution in [2.75, 3.05) is 6.54 Å². The van der Waals surface area contributed by atoms with Gasteiger partial charge in [-0.2, -0.15) is 0 Å². The summed E-state index contributed by atoms with van der Waals surface area (Å²) in [7, 11) is 0. The lowest BCUT2D eigenvalue weighted by Gasteiger charge is -2.23. The van der Waals surface area contributed by atoms with Crippen LogP contribution < -0.4 is 0 Å². The highest BCUT2D eigenvalue weighted by molar-refractivity contribution is 7.09. The molecule has 0 radical (unpaired) electrons. The summed E-state index contributed by atoms with van der Waals surface area (Å²) in [4.78, 5) is 22.4. The zero-order chi connectivity index (χ0) is 14.8. The van der Waals surface area contributed by atoms with E-state index in [9.17, 15) is 4.79 Å². The van der Waals surface area contributed by atoms with Gasteiger partial charge in [0.1, 0.15) is 0 Å². The van der Waals surface area contributed by atoms with E-state index in [2.05, 4.69) is 29.9 Å². The van der Waals surface area contributed by atoms with Crippen molar-refractivity contribution in [3.8, 4) is 0 Å². The number of aromatic amines is 1. The number of carbonyl (C=O) groups excluding carboxylic acids is 1. The number of hydrogen-bond acceptors (Lipinski definition) is 3. The summed E-state index contributed by atoms with van der Waals surface area (Å²) in [5.41, 5.74) is 2.05. The molecule has 0 spiro atoms. The van der Waals surface area contributed by atoms with Crippen molar-refractivity contribution in [1.82, 2.24) is 14.9 Å². The Morgan fingerprint density at radius 3 is 3.10 bits per heavy atom. The highest BCUT2D eigenvalue weighted by Gasteiger charge is 2.30. The molecule has 0 saturated carbocycles. The summed E-state index contributed by atoms with van der Waals surface area (Å²) >= 11 is 1.65. The summed E-state index contributed by atoms with van der Waals surface area (Å²) in [5, 5.41) is 3.13. The van der Waals surface area contributed by atoms with Crippen molar-refractivity contribution in [2.24, 2.45) is 0 Å². The van der Waals surface area contributed by atoms with Gasteiger partial charge in [-0.05, 0) is 25.0 Å². The van der Waals surface area contributed by atoms with Gasteiger partial charge in [0.15, 0.2) is 0 Å². The minimum absolute atomic E-state index is 0.188. The van der Waals surface area contributed by atoms with Crippen LogP contribution in [0.2, 0.25) is 0 Å². The zero-order valence-electron chi connectivity index (χ0n) is 12.5. The van der Waals surface area contributed by atoms with Crippen LogP contribution >= 0.6 is 11.3 Å². The number of amides is 1. The molecular weight excluding hydrogens is 282 g/mol. The number of hydrogen-bond donors (Lipinski definition) is 1. The number of rotatable bonds is 4. The van der Waals surface area contributed by atoms with E-state index in [1.54, 1.807) is 11.3 Å². The molecule has 0 aliphatic carbocycles. The second-order valence-corrected chi connectivity index (χ2v) is 6.77. The molecule has 1 amide bonds. The number of likely N-dealkylation sites (tertiary alicyclic amines) is 1. The third-order valence-electron chi connectivity index (χ3n) is 3.95. The van der Waals surface area contributed by atoms with Gasteiger partial charge in [0.2, 0.25) is 5.91 Å². The van der Waals surface area contributed by atoms with Crippen LogP contribution in [0.15, 0.2) is 23.7 Å².